The summed E-state index contributed by atoms with van der Waals surface area (Å²) in [5, 5.41) is 0. The molecule has 1 unspecified atom stereocenters. The first-order valence-electron chi connectivity index (χ1n) is 11.7. The molecule has 174 valence electrons. The summed E-state index contributed by atoms with van der Waals surface area (Å²) in [6, 6.07) is 27.2. The first kappa shape index (κ1) is 24.5. The minimum Gasteiger partial charge on any atom is -0.489 e. The Kier molecular flexibility index (Phi) is 9.08. The number of carbonyl (C=O) groups is 1. The molecular formula is C29H35NO3. The molecule has 3 rings (SSSR count). The van der Waals surface area contributed by atoms with Gasteiger partial charge in [-0.05, 0) is 70.0 Å². The average molecular weight is 446 g/mol. The van der Waals surface area contributed by atoms with E-state index < -0.39 is 0 Å². The fourth-order valence-electron chi connectivity index (χ4n) is 4.37. The summed E-state index contributed by atoms with van der Waals surface area (Å²) >= 11 is 0. The lowest BCUT2D eigenvalue weighted by atomic mass is 9.87. The zero-order chi connectivity index (χ0) is 23.6. The van der Waals surface area contributed by atoms with E-state index in [1.54, 1.807) is 6.07 Å². The van der Waals surface area contributed by atoms with Crippen molar-refractivity contribution in [2.24, 2.45) is 0 Å². The summed E-state index contributed by atoms with van der Waals surface area (Å²) in [5.41, 5.74) is 3.36. The van der Waals surface area contributed by atoms with Gasteiger partial charge in [-0.15, -0.1) is 0 Å². The van der Waals surface area contributed by atoms with Crippen molar-refractivity contribution in [3.63, 3.8) is 0 Å². The van der Waals surface area contributed by atoms with Gasteiger partial charge in [-0.2, -0.15) is 0 Å². The monoisotopic (exact) mass is 445 g/mol. The van der Waals surface area contributed by atoms with Crippen LogP contribution >= 0.6 is 0 Å². The Balaban J connectivity index is 1.97. The van der Waals surface area contributed by atoms with E-state index in [0.717, 1.165) is 29.8 Å². The van der Waals surface area contributed by atoms with Crippen LogP contribution in [0.3, 0.4) is 0 Å². The summed E-state index contributed by atoms with van der Waals surface area (Å²) in [6.07, 6.45) is 0.923. The minimum atomic E-state index is 0.104. The van der Waals surface area contributed by atoms with Crippen LogP contribution in [0.15, 0.2) is 78.9 Å². The van der Waals surface area contributed by atoms with Crippen molar-refractivity contribution in [3.05, 3.63) is 95.6 Å². The van der Waals surface area contributed by atoms with Gasteiger partial charge in [0, 0.05) is 23.6 Å². The number of benzene rings is 3. The van der Waals surface area contributed by atoms with Crippen LogP contribution in [0.5, 0.6) is 11.5 Å². The highest BCUT2D eigenvalue weighted by atomic mass is 16.5. The van der Waals surface area contributed by atoms with Crippen molar-refractivity contribution < 1.29 is 14.3 Å². The highest BCUT2D eigenvalue weighted by molar-refractivity contribution is 5.51. The van der Waals surface area contributed by atoms with Crippen LogP contribution in [0, 0.1) is 0 Å². The quantitative estimate of drug-likeness (QED) is 0.301. The molecule has 3 aromatic carbocycles. The zero-order valence-electron chi connectivity index (χ0n) is 20.1. The largest absolute Gasteiger partial charge is 0.489 e. The van der Waals surface area contributed by atoms with Crippen LogP contribution in [0.1, 0.15) is 56.7 Å². The third kappa shape index (κ3) is 6.93. The van der Waals surface area contributed by atoms with Gasteiger partial charge in [0.2, 0.25) is 0 Å². The van der Waals surface area contributed by atoms with Gasteiger partial charge < -0.3 is 9.47 Å². The Bertz CT molecular complexity index is 978. The number of hydrogen-bond acceptors (Lipinski definition) is 4. The Hall–Kier alpha value is -3.11. The SMILES string of the molecule is CC(C)N(CCC(c1ccccc1)c1cc(OC=O)ccc1OCc1ccccc1)C(C)C. The molecule has 0 spiro atoms. The van der Waals surface area contributed by atoms with Crippen molar-refractivity contribution in [1.29, 1.82) is 0 Å². The molecule has 33 heavy (non-hydrogen) atoms. The molecule has 0 radical (unpaired) electrons. The van der Waals surface area contributed by atoms with Crippen LogP contribution in [-0.2, 0) is 11.4 Å². The number of carbonyl (C=O) groups excluding carboxylic acids is 1. The van der Waals surface area contributed by atoms with Crippen molar-refractivity contribution in [3.8, 4) is 11.5 Å². The molecule has 0 saturated heterocycles. The average Bonchev–Trinajstić information content (AvgIpc) is 2.82. The fourth-order valence-corrected chi connectivity index (χ4v) is 4.37. The molecule has 0 bridgehead atoms. The lowest BCUT2D eigenvalue weighted by Gasteiger charge is -2.32. The van der Waals surface area contributed by atoms with Gasteiger partial charge in [-0.3, -0.25) is 9.69 Å². The lowest BCUT2D eigenvalue weighted by molar-refractivity contribution is -0.120. The highest BCUT2D eigenvalue weighted by Gasteiger charge is 2.23. The molecular weight excluding hydrogens is 410 g/mol. The summed E-state index contributed by atoms with van der Waals surface area (Å²) < 4.78 is 11.5. The molecule has 3 aromatic rings. The van der Waals surface area contributed by atoms with Crippen LogP contribution in [-0.4, -0.2) is 30.0 Å². The normalized spacial score (nSPS) is 12.2. The van der Waals surface area contributed by atoms with E-state index in [9.17, 15) is 4.79 Å². The molecule has 0 fully saturated rings. The number of hydrogen-bond donors (Lipinski definition) is 0. The van der Waals surface area contributed by atoms with Gasteiger partial charge >= 0.3 is 0 Å². The van der Waals surface area contributed by atoms with Crippen LogP contribution in [0.25, 0.3) is 0 Å². The number of nitrogens with zero attached hydrogens (tertiary/aromatic N) is 1. The van der Waals surface area contributed by atoms with Gasteiger partial charge in [0.15, 0.2) is 0 Å². The summed E-state index contributed by atoms with van der Waals surface area (Å²) in [4.78, 5) is 13.5. The third-order valence-corrected chi connectivity index (χ3v) is 5.98. The predicted molar refractivity (Wildman–Crippen MR) is 134 cm³/mol. The standard InChI is InChI=1S/C29H35NO3/c1-22(2)30(23(3)4)18-17-27(25-13-9-6-10-14-25)28-19-26(33-21-31)15-16-29(28)32-20-24-11-7-5-8-12-24/h5-16,19,21-23,27H,17-18,20H2,1-4H3. The van der Waals surface area contributed by atoms with Gasteiger partial charge in [0.05, 0.1) is 0 Å². The van der Waals surface area contributed by atoms with E-state index in [0.29, 0.717) is 30.9 Å². The van der Waals surface area contributed by atoms with E-state index in [-0.39, 0.29) is 5.92 Å². The number of rotatable bonds is 12. The van der Waals surface area contributed by atoms with Crippen LogP contribution in [0.4, 0.5) is 0 Å². The van der Waals surface area contributed by atoms with Gasteiger partial charge in [-0.25, -0.2) is 0 Å². The molecule has 4 nitrogen and oxygen atoms in total. The zero-order valence-corrected chi connectivity index (χ0v) is 20.1. The molecule has 0 aliphatic rings. The molecule has 0 aromatic heterocycles. The van der Waals surface area contributed by atoms with Gasteiger partial charge in [0.25, 0.3) is 6.47 Å². The Labute approximate surface area is 198 Å². The van der Waals surface area contributed by atoms with E-state index in [1.165, 1.54) is 5.56 Å². The van der Waals surface area contributed by atoms with Crippen molar-refractivity contribution >= 4 is 6.47 Å². The first-order valence-corrected chi connectivity index (χ1v) is 11.7. The lowest BCUT2D eigenvalue weighted by Crippen LogP contribution is -2.38. The maximum atomic E-state index is 11.0. The van der Waals surface area contributed by atoms with E-state index in [1.807, 2.05) is 36.4 Å². The van der Waals surface area contributed by atoms with Gasteiger partial charge in [0.1, 0.15) is 18.1 Å². The number of ether oxygens (including phenoxy) is 2. The van der Waals surface area contributed by atoms with Crippen molar-refractivity contribution in [2.75, 3.05) is 6.54 Å². The first-order chi connectivity index (χ1) is 16.0. The second-order valence-corrected chi connectivity index (χ2v) is 8.87. The minimum absolute atomic E-state index is 0.104. The van der Waals surface area contributed by atoms with Crippen molar-refractivity contribution in [2.45, 2.75) is 58.7 Å². The fraction of sp³-hybridized carbons (Fsp3) is 0.345. The molecule has 1 atom stereocenters. The highest BCUT2D eigenvalue weighted by Crippen LogP contribution is 2.37. The Morgan fingerprint density at radius 3 is 2.09 bits per heavy atom. The maximum Gasteiger partial charge on any atom is 0.298 e. The molecule has 0 N–H and O–H groups in total. The van der Waals surface area contributed by atoms with E-state index in [2.05, 4.69) is 69.0 Å². The molecule has 0 aliphatic heterocycles. The maximum absolute atomic E-state index is 11.0. The Morgan fingerprint density at radius 2 is 1.48 bits per heavy atom. The Morgan fingerprint density at radius 1 is 0.848 bits per heavy atom. The van der Waals surface area contributed by atoms with Crippen LogP contribution < -0.4 is 9.47 Å². The predicted octanol–water partition coefficient (Wildman–Crippen LogP) is 6.44. The third-order valence-electron chi connectivity index (χ3n) is 5.98. The second-order valence-electron chi connectivity index (χ2n) is 8.87. The molecule has 0 heterocycles. The topological polar surface area (TPSA) is 38.8 Å². The van der Waals surface area contributed by atoms with Crippen LogP contribution in [0.2, 0.25) is 0 Å². The molecule has 0 aliphatic carbocycles. The molecule has 4 heteroatoms. The van der Waals surface area contributed by atoms with E-state index in [4.69, 9.17) is 9.47 Å². The summed E-state index contributed by atoms with van der Waals surface area (Å²) in [5.74, 6) is 1.44. The van der Waals surface area contributed by atoms with Gasteiger partial charge in [-0.1, -0.05) is 60.7 Å². The summed E-state index contributed by atoms with van der Waals surface area (Å²) in [6.45, 7) is 10.9. The van der Waals surface area contributed by atoms with Crippen molar-refractivity contribution in [1.82, 2.24) is 4.90 Å². The molecule has 0 saturated carbocycles. The molecule has 0 amide bonds. The smallest absolute Gasteiger partial charge is 0.298 e. The summed E-state index contributed by atoms with van der Waals surface area (Å²) in [7, 11) is 0. The van der Waals surface area contributed by atoms with E-state index >= 15 is 0 Å². The second kappa shape index (κ2) is 12.2.